The molecule has 0 saturated carbocycles. The van der Waals surface area contributed by atoms with Crippen LogP contribution in [0.5, 0.6) is 5.88 Å². The molecule has 3 N–H and O–H groups in total. The fourth-order valence-electron chi connectivity index (χ4n) is 6.37. The summed E-state index contributed by atoms with van der Waals surface area (Å²) in [6.07, 6.45) is 4.39. The van der Waals surface area contributed by atoms with Crippen molar-refractivity contribution in [2.24, 2.45) is 14.1 Å². The molecule has 2 amide bonds. The van der Waals surface area contributed by atoms with E-state index in [0.717, 1.165) is 57.2 Å². The number of ether oxygens (including phenoxy) is 1. The van der Waals surface area contributed by atoms with Gasteiger partial charge in [0.1, 0.15) is 5.56 Å². The number of halogens is 1. The standard InChI is InChI=1S/C34H35ClN6O5/c1-18-21(7-6-10-25(18)38-31(43)24-17-40(2)34(45)41(3)33(24)44)22-8-5-9-23(30(22)35)27-15-19-11-13-26(29(19)32(39-27)46-4)36-16-20-12-14-28(42)37-20/h5-10,15,17,20,26,36H,11-14,16H2,1-4H3,(H,37,42)(H,38,43)/t20-,26-/m1/s1. The van der Waals surface area contributed by atoms with E-state index in [1.54, 1.807) is 19.2 Å². The highest BCUT2D eigenvalue weighted by Crippen LogP contribution is 2.43. The van der Waals surface area contributed by atoms with E-state index in [4.69, 9.17) is 21.3 Å². The number of hydrogen-bond donors (Lipinski definition) is 3. The molecule has 0 bridgehead atoms. The highest BCUT2D eigenvalue weighted by atomic mass is 35.5. The molecule has 6 rings (SSSR count). The first-order chi connectivity index (χ1) is 22.1. The number of pyridine rings is 1. The largest absolute Gasteiger partial charge is 0.481 e. The van der Waals surface area contributed by atoms with E-state index in [9.17, 15) is 19.2 Å². The molecule has 0 spiro atoms. The van der Waals surface area contributed by atoms with Crippen LogP contribution in [-0.4, -0.2) is 45.6 Å². The zero-order valence-electron chi connectivity index (χ0n) is 26.1. The highest BCUT2D eigenvalue weighted by molar-refractivity contribution is 6.36. The molecule has 4 aromatic rings. The van der Waals surface area contributed by atoms with Gasteiger partial charge >= 0.3 is 5.69 Å². The van der Waals surface area contributed by atoms with E-state index in [-0.39, 0.29) is 23.6 Å². The van der Waals surface area contributed by atoms with Crippen molar-refractivity contribution in [2.45, 2.75) is 44.7 Å². The van der Waals surface area contributed by atoms with Gasteiger partial charge in [0.25, 0.3) is 11.5 Å². The van der Waals surface area contributed by atoms with Gasteiger partial charge < -0.3 is 25.3 Å². The molecule has 1 fully saturated rings. The summed E-state index contributed by atoms with van der Waals surface area (Å²) in [5.41, 5.74) is 5.09. The number of methoxy groups -OCH3 is 1. The van der Waals surface area contributed by atoms with Gasteiger partial charge in [-0.2, -0.15) is 0 Å². The lowest BCUT2D eigenvalue weighted by Gasteiger charge is -2.20. The minimum atomic E-state index is -0.674. The number of rotatable bonds is 8. The van der Waals surface area contributed by atoms with Crippen molar-refractivity contribution in [3.05, 3.63) is 96.8 Å². The lowest BCUT2D eigenvalue weighted by atomic mass is 9.96. The topological polar surface area (TPSA) is 136 Å². The first-order valence-electron chi connectivity index (χ1n) is 15.1. The van der Waals surface area contributed by atoms with Crippen LogP contribution in [0.1, 0.15) is 52.4 Å². The number of amides is 2. The fraction of sp³-hybridized carbons (Fsp3) is 0.324. The molecular formula is C34H35ClN6O5. The number of carbonyl (C=O) groups excluding carboxylic acids is 2. The zero-order valence-corrected chi connectivity index (χ0v) is 26.8. The molecule has 1 saturated heterocycles. The Labute approximate surface area is 270 Å². The monoisotopic (exact) mass is 642 g/mol. The molecular weight excluding hydrogens is 608 g/mol. The Balaban J connectivity index is 1.29. The summed E-state index contributed by atoms with van der Waals surface area (Å²) in [6, 6.07) is 13.5. The summed E-state index contributed by atoms with van der Waals surface area (Å²) >= 11 is 7.09. The molecule has 3 heterocycles. The molecule has 12 heteroatoms. The lowest BCUT2D eigenvalue weighted by molar-refractivity contribution is -0.119. The summed E-state index contributed by atoms with van der Waals surface area (Å²) in [5, 5.41) is 9.94. The average molecular weight is 643 g/mol. The van der Waals surface area contributed by atoms with Crippen molar-refractivity contribution in [1.82, 2.24) is 24.8 Å². The maximum atomic E-state index is 13.1. The number of benzene rings is 2. The lowest BCUT2D eigenvalue weighted by Crippen LogP contribution is -2.40. The van der Waals surface area contributed by atoms with Crippen LogP contribution < -0.4 is 31.9 Å². The molecule has 2 aromatic carbocycles. The van der Waals surface area contributed by atoms with Crippen molar-refractivity contribution in [1.29, 1.82) is 0 Å². The van der Waals surface area contributed by atoms with E-state index >= 15 is 0 Å². The van der Waals surface area contributed by atoms with Crippen LogP contribution >= 0.6 is 11.6 Å². The molecule has 1 aliphatic heterocycles. The molecule has 2 aliphatic rings. The quantitative estimate of drug-likeness (QED) is 0.265. The van der Waals surface area contributed by atoms with E-state index < -0.39 is 17.2 Å². The molecule has 1 aliphatic carbocycles. The Kier molecular flexibility index (Phi) is 8.54. The normalized spacial score (nSPS) is 17.1. The van der Waals surface area contributed by atoms with Crippen LogP contribution in [0, 0.1) is 6.92 Å². The van der Waals surface area contributed by atoms with Gasteiger partial charge in [-0.25, -0.2) is 9.78 Å². The summed E-state index contributed by atoms with van der Waals surface area (Å²) in [7, 11) is 4.44. The van der Waals surface area contributed by atoms with Crippen LogP contribution in [0.3, 0.4) is 0 Å². The van der Waals surface area contributed by atoms with E-state index in [2.05, 4.69) is 22.0 Å². The number of nitrogens with zero attached hydrogens (tertiary/aromatic N) is 3. The van der Waals surface area contributed by atoms with Gasteiger partial charge in [0.05, 0.1) is 17.8 Å². The zero-order chi connectivity index (χ0) is 32.7. The molecule has 2 aromatic heterocycles. The molecule has 11 nitrogen and oxygen atoms in total. The number of fused-ring (bicyclic) bond motifs is 1. The van der Waals surface area contributed by atoms with Gasteiger partial charge in [-0.05, 0) is 55.0 Å². The van der Waals surface area contributed by atoms with Crippen LogP contribution in [0.2, 0.25) is 5.02 Å². The molecule has 46 heavy (non-hydrogen) atoms. The first kappa shape index (κ1) is 31.3. The van der Waals surface area contributed by atoms with Crippen molar-refractivity contribution < 1.29 is 14.3 Å². The number of nitrogens with one attached hydrogen (secondary N) is 3. The Morgan fingerprint density at radius 2 is 1.80 bits per heavy atom. The van der Waals surface area contributed by atoms with Crippen molar-refractivity contribution in [2.75, 3.05) is 19.0 Å². The van der Waals surface area contributed by atoms with Crippen LogP contribution in [0.25, 0.3) is 22.4 Å². The number of aryl methyl sites for hydroxylation is 2. The summed E-state index contributed by atoms with van der Waals surface area (Å²) in [5.74, 6) is 0.0260. The van der Waals surface area contributed by atoms with Crippen molar-refractivity contribution in [3.63, 3.8) is 0 Å². The van der Waals surface area contributed by atoms with Crippen molar-refractivity contribution in [3.8, 4) is 28.3 Å². The Morgan fingerprint density at radius 3 is 2.54 bits per heavy atom. The minimum absolute atomic E-state index is 0.0763. The summed E-state index contributed by atoms with van der Waals surface area (Å²) in [4.78, 5) is 54.4. The minimum Gasteiger partial charge on any atom is -0.481 e. The van der Waals surface area contributed by atoms with Crippen LogP contribution in [0.4, 0.5) is 5.69 Å². The van der Waals surface area contributed by atoms with Gasteiger partial charge in [0.2, 0.25) is 11.8 Å². The second-order valence-corrected chi connectivity index (χ2v) is 12.2. The number of hydrogen-bond acceptors (Lipinski definition) is 7. The van der Waals surface area contributed by atoms with Gasteiger partial charge in [-0.15, -0.1) is 0 Å². The van der Waals surface area contributed by atoms with Gasteiger partial charge in [-0.1, -0.05) is 41.9 Å². The van der Waals surface area contributed by atoms with E-state index in [1.807, 2.05) is 31.2 Å². The van der Waals surface area contributed by atoms with E-state index in [1.165, 1.54) is 24.9 Å². The number of aromatic nitrogens is 3. The first-order valence-corrected chi connectivity index (χ1v) is 15.5. The number of anilines is 1. The Hall–Kier alpha value is -4.74. The number of carbonyl (C=O) groups is 2. The van der Waals surface area contributed by atoms with Gasteiger partial charge in [0.15, 0.2) is 0 Å². The predicted molar refractivity (Wildman–Crippen MR) is 177 cm³/mol. The Morgan fingerprint density at radius 1 is 1.07 bits per heavy atom. The predicted octanol–water partition coefficient (Wildman–Crippen LogP) is 3.89. The second kappa shape index (κ2) is 12.6. The maximum Gasteiger partial charge on any atom is 0.330 e. The second-order valence-electron chi connectivity index (χ2n) is 11.8. The third-order valence-electron chi connectivity index (χ3n) is 8.89. The van der Waals surface area contributed by atoms with E-state index in [0.29, 0.717) is 35.2 Å². The van der Waals surface area contributed by atoms with Crippen LogP contribution in [-0.2, 0) is 25.3 Å². The SMILES string of the molecule is COc1nc(-c2cccc(-c3cccc(NC(=O)c4cn(C)c(=O)n(C)c4=O)c3C)c2Cl)cc2c1[C@H](NC[C@H]1CCC(=O)N1)CC2. The Bertz CT molecular complexity index is 2000. The molecule has 0 radical (unpaired) electrons. The molecule has 0 unspecified atom stereocenters. The molecule has 2 atom stereocenters. The molecule has 238 valence electrons. The fourth-order valence-corrected chi connectivity index (χ4v) is 6.70. The summed E-state index contributed by atoms with van der Waals surface area (Å²) < 4.78 is 7.88. The third-order valence-corrected chi connectivity index (χ3v) is 9.29. The third kappa shape index (κ3) is 5.72. The highest BCUT2D eigenvalue weighted by Gasteiger charge is 2.30. The van der Waals surface area contributed by atoms with Crippen LogP contribution in [0.15, 0.2) is 58.3 Å². The van der Waals surface area contributed by atoms with Crippen molar-refractivity contribution >= 4 is 29.1 Å². The average Bonchev–Trinajstić information content (AvgIpc) is 3.66. The maximum absolute atomic E-state index is 13.1. The smallest absolute Gasteiger partial charge is 0.330 e. The van der Waals surface area contributed by atoms with Gasteiger partial charge in [0, 0.05) is 67.7 Å². The van der Waals surface area contributed by atoms with Gasteiger partial charge in [-0.3, -0.25) is 19.0 Å². The summed E-state index contributed by atoms with van der Waals surface area (Å²) in [6.45, 7) is 2.56.